The predicted octanol–water partition coefficient (Wildman–Crippen LogP) is 1.36. The van der Waals surface area contributed by atoms with Gasteiger partial charge in [0.2, 0.25) is 23.7 Å². The fourth-order valence-electron chi connectivity index (χ4n) is 2.58. The lowest BCUT2D eigenvalue weighted by molar-refractivity contribution is 0.0521. The molecule has 0 aliphatic rings. The normalized spacial score (nSPS) is 10.9. The SMILES string of the molecule is CCOC(=O)c1cn[nH]c1S(=O)(=O)N(C(=O)Nc1nc(OC)cc(OC)n1)c1cccc(F)n1. The Hall–Kier alpha value is -4.34. The van der Waals surface area contributed by atoms with E-state index in [4.69, 9.17) is 14.2 Å². The van der Waals surface area contributed by atoms with Gasteiger partial charge < -0.3 is 14.2 Å². The predicted molar refractivity (Wildman–Crippen MR) is 113 cm³/mol. The van der Waals surface area contributed by atoms with Crippen molar-refractivity contribution in [3.05, 3.63) is 42.0 Å². The van der Waals surface area contributed by atoms with E-state index in [1.165, 1.54) is 27.2 Å². The van der Waals surface area contributed by atoms with Gasteiger partial charge in [0.25, 0.3) is 10.0 Å². The van der Waals surface area contributed by atoms with Crippen LogP contribution >= 0.6 is 0 Å². The molecule has 3 aromatic rings. The number of carbonyl (C=O) groups excluding carboxylic acids is 2. The van der Waals surface area contributed by atoms with Gasteiger partial charge in [-0.3, -0.25) is 10.4 Å². The van der Waals surface area contributed by atoms with Gasteiger partial charge in [-0.2, -0.15) is 32.2 Å². The van der Waals surface area contributed by atoms with Crippen LogP contribution in [0.15, 0.2) is 35.5 Å². The van der Waals surface area contributed by atoms with E-state index in [0.717, 1.165) is 24.4 Å². The van der Waals surface area contributed by atoms with E-state index in [2.05, 4.69) is 30.5 Å². The number of esters is 1. The van der Waals surface area contributed by atoms with Crippen molar-refractivity contribution in [3.63, 3.8) is 0 Å². The third-order valence-electron chi connectivity index (χ3n) is 4.01. The number of hydrogen-bond donors (Lipinski definition) is 2. The number of carbonyl (C=O) groups is 2. The van der Waals surface area contributed by atoms with Gasteiger partial charge in [0.1, 0.15) is 5.56 Å². The van der Waals surface area contributed by atoms with Crippen LogP contribution in [0, 0.1) is 5.95 Å². The fourth-order valence-corrected chi connectivity index (χ4v) is 3.96. The van der Waals surface area contributed by atoms with Crippen molar-refractivity contribution >= 4 is 33.8 Å². The first-order valence-corrected chi connectivity index (χ1v) is 10.8. The van der Waals surface area contributed by atoms with Crippen LogP contribution in [-0.2, 0) is 14.8 Å². The molecular formula is C18H18FN7O7S. The Balaban J connectivity index is 2.10. The molecule has 180 valence electrons. The highest BCUT2D eigenvalue weighted by atomic mass is 32.2. The Kier molecular flexibility index (Phi) is 7.20. The molecule has 0 atom stereocenters. The summed E-state index contributed by atoms with van der Waals surface area (Å²) in [5.74, 6) is -3.11. The lowest BCUT2D eigenvalue weighted by Gasteiger charge is -2.21. The number of rotatable bonds is 8. The molecule has 34 heavy (non-hydrogen) atoms. The molecule has 0 fully saturated rings. The van der Waals surface area contributed by atoms with Gasteiger partial charge in [-0.15, -0.1) is 0 Å². The second kappa shape index (κ2) is 10.1. The second-order valence-corrected chi connectivity index (χ2v) is 7.85. The molecule has 0 saturated heterocycles. The number of halogens is 1. The van der Waals surface area contributed by atoms with E-state index in [9.17, 15) is 22.4 Å². The van der Waals surface area contributed by atoms with Crippen LogP contribution in [0.1, 0.15) is 17.3 Å². The van der Waals surface area contributed by atoms with Gasteiger partial charge in [0.05, 0.1) is 33.1 Å². The fraction of sp³-hybridized carbons (Fsp3) is 0.222. The molecule has 14 nitrogen and oxygen atoms in total. The Morgan fingerprint density at radius 3 is 2.41 bits per heavy atom. The maximum Gasteiger partial charge on any atom is 0.344 e. The Bertz CT molecular complexity index is 1290. The highest BCUT2D eigenvalue weighted by molar-refractivity contribution is 7.93. The summed E-state index contributed by atoms with van der Waals surface area (Å²) >= 11 is 0. The summed E-state index contributed by atoms with van der Waals surface area (Å²) in [6, 6.07) is 3.10. The number of ether oxygens (including phenoxy) is 3. The lowest BCUT2D eigenvalue weighted by Crippen LogP contribution is -2.41. The first kappa shape index (κ1) is 24.3. The van der Waals surface area contributed by atoms with E-state index >= 15 is 0 Å². The molecule has 0 spiro atoms. The second-order valence-electron chi connectivity index (χ2n) is 6.13. The molecule has 3 rings (SSSR count). The summed E-state index contributed by atoms with van der Waals surface area (Å²) in [5.41, 5.74) is -0.477. The van der Waals surface area contributed by atoms with Crippen LogP contribution in [0.4, 0.5) is 21.0 Å². The van der Waals surface area contributed by atoms with Crippen molar-refractivity contribution < 1.29 is 36.6 Å². The standard InChI is InChI=1S/C18H18FN7O7S/c1-4-33-16(27)10-9-20-25-15(10)34(29,30)26(12-7-5-6-11(19)21-12)18(28)24-17-22-13(31-2)8-14(23-17)32-3/h5-9H,4H2,1-3H3,(H,20,25)(H,22,23,24,28). The smallest absolute Gasteiger partial charge is 0.344 e. The van der Waals surface area contributed by atoms with Gasteiger partial charge in [0.15, 0.2) is 10.8 Å². The third-order valence-corrected chi connectivity index (χ3v) is 5.67. The molecule has 3 heterocycles. The van der Waals surface area contributed by atoms with E-state index in [-0.39, 0.29) is 22.7 Å². The van der Waals surface area contributed by atoms with E-state index in [1.807, 2.05) is 0 Å². The number of sulfonamides is 1. The summed E-state index contributed by atoms with van der Waals surface area (Å²) in [5, 5.41) is 7.09. The number of H-pyrrole nitrogens is 1. The minimum Gasteiger partial charge on any atom is -0.481 e. The van der Waals surface area contributed by atoms with Crippen molar-refractivity contribution in [1.29, 1.82) is 0 Å². The lowest BCUT2D eigenvalue weighted by atomic mass is 10.4. The van der Waals surface area contributed by atoms with E-state index < -0.39 is 50.3 Å². The molecule has 0 aromatic carbocycles. The summed E-state index contributed by atoms with van der Waals surface area (Å²) in [7, 11) is -2.31. The summed E-state index contributed by atoms with van der Waals surface area (Å²) in [4.78, 5) is 36.6. The average Bonchev–Trinajstić information content (AvgIpc) is 3.30. The first-order chi connectivity index (χ1) is 16.2. The van der Waals surface area contributed by atoms with Crippen LogP contribution < -0.4 is 19.1 Å². The van der Waals surface area contributed by atoms with Crippen molar-refractivity contribution in [2.24, 2.45) is 0 Å². The minimum absolute atomic E-state index is 0.00129. The van der Waals surface area contributed by atoms with Gasteiger partial charge in [-0.05, 0) is 19.1 Å². The van der Waals surface area contributed by atoms with Gasteiger partial charge in [-0.25, -0.2) is 14.6 Å². The van der Waals surface area contributed by atoms with E-state index in [0.29, 0.717) is 0 Å². The Morgan fingerprint density at radius 2 is 1.82 bits per heavy atom. The molecule has 0 aliphatic carbocycles. The number of pyridine rings is 1. The number of methoxy groups -OCH3 is 2. The monoisotopic (exact) mass is 495 g/mol. The van der Waals surface area contributed by atoms with Gasteiger partial charge in [-0.1, -0.05) is 6.07 Å². The number of nitrogens with one attached hydrogen (secondary N) is 2. The van der Waals surface area contributed by atoms with Crippen LogP contribution in [-0.4, -0.2) is 66.4 Å². The molecular weight excluding hydrogens is 477 g/mol. The quantitative estimate of drug-likeness (QED) is 0.340. The van der Waals surface area contributed by atoms with Crippen molar-refractivity contribution in [3.8, 4) is 11.8 Å². The largest absolute Gasteiger partial charge is 0.481 e. The molecule has 0 unspecified atom stereocenters. The number of aromatic nitrogens is 5. The summed E-state index contributed by atoms with van der Waals surface area (Å²) < 4.78 is 55.7. The van der Waals surface area contributed by atoms with Crippen molar-refractivity contribution in [2.75, 3.05) is 30.4 Å². The number of amides is 2. The first-order valence-electron chi connectivity index (χ1n) is 9.37. The average molecular weight is 495 g/mol. The zero-order valence-electron chi connectivity index (χ0n) is 18.0. The number of aromatic amines is 1. The minimum atomic E-state index is -4.92. The molecule has 0 aliphatic heterocycles. The Labute approximate surface area is 192 Å². The number of anilines is 2. The molecule has 2 N–H and O–H groups in total. The highest BCUT2D eigenvalue weighted by Gasteiger charge is 2.38. The van der Waals surface area contributed by atoms with Crippen LogP contribution in [0.3, 0.4) is 0 Å². The molecule has 3 aromatic heterocycles. The van der Waals surface area contributed by atoms with Crippen LogP contribution in [0.25, 0.3) is 0 Å². The molecule has 0 radical (unpaired) electrons. The van der Waals surface area contributed by atoms with Gasteiger partial charge >= 0.3 is 12.0 Å². The molecule has 0 bridgehead atoms. The van der Waals surface area contributed by atoms with Crippen molar-refractivity contribution in [1.82, 2.24) is 25.1 Å². The summed E-state index contributed by atoms with van der Waals surface area (Å²) in [6.07, 6.45) is 0.913. The maximum atomic E-state index is 13.8. The van der Waals surface area contributed by atoms with Crippen molar-refractivity contribution in [2.45, 2.75) is 11.9 Å². The summed E-state index contributed by atoms with van der Waals surface area (Å²) in [6.45, 7) is 1.47. The number of urea groups is 1. The molecule has 0 saturated carbocycles. The maximum absolute atomic E-state index is 13.8. The number of hydrogen-bond acceptors (Lipinski definition) is 11. The molecule has 16 heteroatoms. The van der Waals surface area contributed by atoms with Crippen LogP contribution in [0.5, 0.6) is 11.8 Å². The zero-order valence-corrected chi connectivity index (χ0v) is 18.8. The van der Waals surface area contributed by atoms with E-state index in [1.54, 1.807) is 0 Å². The number of nitrogens with zero attached hydrogens (tertiary/aromatic N) is 5. The molecule has 2 amide bonds. The topological polar surface area (TPSA) is 179 Å². The zero-order chi connectivity index (χ0) is 24.9. The van der Waals surface area contributed by atoms with Gasteiger partial charge in [0, 0.05) is 0 Å². The van der Waals surface area contributed by atoms with Crippen LogP contribution in [0.2, 0.25) is 0 Å². The Morgan fingerprint density at radius 1 is 1.15 bits per heavy atom. The highest BCUT2D eigenvalue weighted by Crippen LogP contribution is 2.25. The third kappa shape index (κ3) is 5.01.